The second-order valence-corrected chi connectivity index (χ2v) is 12.5. The second kappa shape index (κ2) is 15.1. The molecule has 31 heavy (non-hydrogen) atoms. The smallest absolute Gasteiger partial charge is 0.265 e. The first-order valence-electron chi connectivity index (χ1n) is 13.0. The number of hydrogen-bond donors (Lipinski definition) is 1. The van der Waals surface area contributed by atoms with E-state index in [1.54, 1.807) is 6.92 Å². The van der Waals surface area contributed by atoms with E-state index >= 15 is 0 Å². The fraction of sp³-hybridized carbons (Fsp3) is 1.00. The zero-order valence-electron chi connectivity index (χ0n) is 21.1. The van der Waals surface area contributed by atoms with Gasteiger partial charge in [0.2, 0.25) is 0 Å². The Morgan fingerprint density at radius 2 is 1.29 bits per heavy atom. The van der Waals surface area contributed by atoms with Crippen LogP contribution in [0.3, 0.4) is 0 Å². The van der Waals surface area contributed by atoms with Gasteiger partial charge in [-0.1, -0.05) is 109 Å². The molecule has 0 amide bonds. The van der Waals surface area contributed by atoms with Gasteiger partial charge in [0, 0.05) is 0 Å². The number of unbranched alkanes of at least 4 members (excludes halogenated alkanes) is 11. The van der Waals surface area contributed by atoms with E-state index < -0.39 is 13.4 Å². The summed E-state index contributed by atoms with van der Waals surface area (Å²) in [6.07, 6.45) is 23.7. The molecular formula is C25H52NO4P. The molecule has 0 radical (unpaired) electrons. The maximum Gasteiger partial charge on any atom is 0.265 e. The van der Waals surface area contributed by atoms with Gasteiger partial charge in [-0.05, 0) is 19.3 Å². The molecule has 6 heteroatoms. The average molecular weight is 462 g/mol. The maximum atomic E-state index is 11.3. The van der Waals surface area contributed by atoms with E-state index in [1.807, 2.05) is 21.1 Å². The summed E-state index contributed by atoms with van der Waals surface area (Å²) < 4.78 is 16.9. The molecule has 186 valence electrons. The van der Waals surface area contributed by atoms with Gasteiger partial charge in [-0.25, -0.2) is 0 Å². The van der Waals surface area contributed by atoms with Gasteiger partial charge in [0.1, 0.15) is 12.1 Å². The van der Waals surface area contributed by atoms with Crippen LogP contribution >= 0.6 is 7.82 Å². The van der Waals surface area contributed by atoms with Crippen LogP contribution in [0.4, 0.5) is 0 Å². The summed E-state index contributed by atoms with van der Waals surface area (Å²) in [7, 11) is 1.29. The van der Waals surface area contributed by atoms with Crippen LogP contribution in [-0.4, -0.2) is 42.7 Å². The van der Waals surface area contributed by atoms with Gasteiger partial charge >= 0.3 is 0 Å². The van der Waals surface area contributed by atoms with Crippen molar-refractivity contribution in [2.45, 2.75) is 128 Å². The molecule has 1 fully saturated rings. The van der Waals surface area contributed by atoms with E-state index in [0.717, 1.165) is 18.8 Å². The molecule has 0 aromatic carbocycles. The molecule has 1 aliphatic rings. The first kappa shape index (κ1) is 29.1. The quantitative estimate of drug-likeness (QED) is 0.134. The summed E-state index contributed by atoms with van der Waals surface area (Å²) in [5.74, 6) is 1.06. The SMILES string of the molecule is CC(CCCCCCCCCCCCCCC1CCCC1)(C[N+](C)(C)C)OP(=O)([O-])O. The van der Waals surface area contributed by atoms with Crippen molar-refractivity contribution in [3.8, 4) is 0 Å². The molecule has 0 aliphatic heterocycles. The third kappa shape index (κ3) is 17.2. The number of likely N-dealkylation sites (N-methyl/N-ethyl adjacent to an activating group) is 1. The van der Waals surface area contributed by atoms with E-state index in [1.165, 1.54) is 96.3 Å². The minimum Gasteiger partial charge on any atom is -0.756 e. The topological polar surface area (TPSA) is 69.6 Å². The largest absolute Gasteiger partial charge is 0.756 e. The van der Waals surface area contributed by atoms with E-state index in [9.17, 15) is 9.46 Å². The highest BCUT2D eigenvalue weighted by molar-refractivity contribution is 7.44. The Balaban J connectivity index is 1.96. The number of rotatable bonds is 19. The molecule has 1 aliphatic carbocycles. The molecule has 1 rings (SSSR count). The molecule has 5 nitrogen and oxygen atoms in total. The number of quaternary nitrogens is 1. The summed E-state index contributed by atoms with van der Waals surface area (Å²) in [6.45, 7) is 2.34. The Hall–Kier alpha value is 0.0700. The highest BCUT2D eigenvalue weighted by atomic mass is 31.2. The summed E-state index contributed by atoms with van der Waals surface area (Å²) in [4.78, 5) is 20.4. The standard InChI is InChI=1S/C25H52NO4P/c1-25(23-26(2,3)4,30-31(27,28)29)22-18-14-12-10-8-6-5-7-9-11-13-15-19-24-20-16-17-21-24/h24H,5-23H2,1-4H3,(H-,27,28,29). The normalized spacial score (nSPS) is 19.4. The van der Waals surface area contributed by atoms with Gasteiger partial charge in [0.05, 0.1) is 21.1 Å². The third-order valence-corrected chi connectivity index (χ3v) is 7.36. The lowest BCUT2D eigenvalue weighted by Gasteiger charge is -2.38. The summed E-state index contributed by atoms with van der Waals surface area (Å²) in [5.41, 5.74) is -0.846. The van der Waals surface area contributed by atoms with Crippen molar-refractivity contribution in [2.75, 3.05) is 27.7 Å². The molecule has 1 N–H and O–H groups in total. The summed E-state index contributed by atoms with van der Waals surface area (Å²) in [5, 5.41) is 0. The van der Waals surface area contributed by atoms with Crippen LogP contribution in [0.2, 0.25) is 0 Å². The molecule has 0 heterocycles. The Bertz CT molecular complexity index is 496. The van der Waals surface area contributed by atoms with Crippen molar-refractivity contribution in [3.63, 3.8) is 0 Å². The third-order valence-electron chi connectivity index (χ3n) is 6.69. The predicted octanol–water partition coefficient (Wildman–Crippen LogP) is 6.58. The zero-order valence-corrected chi connectivity index (χ0v) is 22.0. The van der Waals surface area contributed by atoms with Crippen molar-refractivity contribution in [2.24, 2.45) is 5.92 Å². The van der Waals surface area contributed by atoms with Crippen molar-refractivity contribution in [1.29, 1.82) is 0 Å². The van der Waals surface area contributed by atoms with Gasteiger partial charge < -0.3 is 18.8 Å². The molecule has 1 saturated carbocycles. The first-order chi connectivity index (χ1) is 14.5. The van der Waals surface area contributed by atoms with Crippen LogP contribution in [0.5, 0.6) is 0 Å². The average Bonchev–Trinajstić information content (AvgIpc) is 3.12. The van der Waals surface area contributed by atoms with Crippen molar-refractivity contribution >= 4 is 7.82 Å². The Labute approximate surface area is 193 Å². The van der Waals surface area contributed by atoms with Crippen LogP contribution in [0.15, 0.2) is 0 Å². The highest BCUT2D eigenvalue weighted by Crippen LogP contribution is 2.40. The molecular weight excluding hydrogens is 409 g/mol. The zero-order chi connectivity index (χ0) is 23.2. The molecule has 2 unspecified atom stereocenters. The molecule has 2 atom stereocenters. The lowest BCUT2D eigenvalue weighted by molar-refractivity contribution is -0.876. The number of nitrogens with zero attached hydrogens (tertiary/aromatic N) is 1. The number of phosphoric acid groups is 1. The van der Waals surface area contributed by atoms with Gasteiger partial charge in [0.25, 0.3) is 7.82 Å². The van der Waals surface area contributed by atoms with E-state index in [2.05, 4.69) is 0 Å². The van der Waals surface area contributed by atoms with Crippen molar-refractivity contribution in [3.05, 3.63) is 0 Å². The molecule has 0 aromatic rings. The Morgan fingerprint density at radius 3 is 1.71 bits per heavy atom. The van der Waals surface area contributed by atoms with Crippen molar-refractivity contribution < 1.29 is 23.4 Å². The molecule has 0 bridgehead atoms. The van der Waals surface area contributed by atoms with Crippen LogP contribution in [0, 0.1) is 5.92 Å². The molecule has 0 saturated heterocycles. The minimum atomic E-state index is -4.73. The van der Waals surface area contributed by atoms with Crippen LogP contribution in [-0.2, 0) is 9.09 Å². The molecule has 0 spiro atoms. The summed E-state index contributed by atoms with van der Waals surface area (Å²) in [6, 6.07) is 0. The molecule has 0 aromatic heterocycles. The van der Waals surface area contributed by atoms with E-state index in [4.69, 9.17) is 9.42 Å². The lowest BCUT2D eigenvalue weighted by Crippen LogP contribution is -2.49. The van der Waals surface area contributed by atoms with Gasteiger partial charge in [0.15, 0.2) is 0 Å². The monoisotopic (exact) mass is 461 g/mol. The van der Waals surface area contributed by atoms with Crippen LogP contribution in [0.25, 0.3) is 0 Å². The Morgan fingerprint density at radius 1 is 0.871 bits per heavy atom. The van der Waals surface area contributed by atoms with Crippen molar-refractivity contribution in [1.82, 2.24) is 0 Å². The maximum absolute atomic E-state index is 11.3. The first-order valence-corrected chi connectivity index (χ1v) is 14.5. The fourth-order valence-corrected chi connectivity index (χ4v) is 6.14. The van der Waals surface area contributed by atoms with Crippen LogP contribution < -0.4 is 4.89 Å². The number of hydrogen-bond acceptors (Lipinski definition) is 3. The lowest BCUT2D eigenvalue weighted by atomic mass is 9.96. The van der Waals surface area contributed by atoms with Gasteiger partial charge in [-0.15, -0.1) is 0 Å². The Kier molecular flexibility index (Phi) is 14.1. The van der Waals surface area contributed by atoms with E-state index in [-0.39, 0.29) is 0 Å². The number of phosphoric ester groups is 1. The highest BCUT2D eigenvalue weighted by Gasteiger charge is 2.34. The van der Waals surface area contributed by atoms with E-state index in [0.29, 0.717) is 17.4 Å². The predicted molar refractivity (Wildman–Crippen MR) is 129 cm³/mol. The van der Waals surface area contributed by atoms with Gasteiger partial charge in [-0.3, -0.25) is 4.57 Å². The minimum absolute atomic E-state index is 0.542. The van der Waals surface area contributed by atoms with Gasteiger partial charge in [-0.2, -0.15) is 0 Å². The van der Waals surface area contributed by atoms with Crippen LogP contribution in [0.1, 0.15) is 122 Å². The second-order valence-electron chi connectivity index (χ2n) is 11.4. The fourth-order valence-electron chi connectivity index (χ4n) is 5.43. The summed E-state index contributed by atoms with van der Waals surface area (Å²) >= 11 is 0.